The van der Waals surface area contributed by atoms with Crippen molar-refractivity contribution >= 4 is 0 Å². The molecule has 0 aromatic rings. The van der Waals surface area contributed by atoms with Crippen molar-refractivity contribution in [2.45, 2.75) is 316 Å². The minimum absolute atomic E-state index is 0. The topological polar surface area (TPSA) is 234 Å². The van der Waals surface area contributed by atoms with Crippen LogP contribution in [0.5, 0.6) is 0 Å². The summed E-state index contributed by atoms with van der Waals surface area (Å²) >= 11 is 0. The predicted octanol–water partition coefficient (Wildman–Crippen LogP) is 13.5. The van der Waals surface area contributed by atoms with Crippen molar-refractivity contribution in [1.82, 2.24) is 0 Å². The van der Waals surface area contributed by atoms with E-state index in [9.17, 15) is 0 Å². The molecule has 0 aliphatic carbocycles. The number of hydrogen-bond acceptors (Lipinski definition) is 9. The largest absolute Gasteiger partial charge is 0.326 e. The van der Waals surface area contributed by atoms with E-state index in [0.717, 1.165) is 32.1 Å². The fourth-order valence-corrected chi connectivity index (χ4v) is 3.08. The molecule has 0 unspecified atom stereocenters. The zero-order chi connectivity index (χ0) is 65.1. The van der Waals surface area contributed by atoms with E-state index in [1.807, 2.05) is 164 Å². The van der Waals surface area contributed by atoms with Gasteiger partial charge >= 0.3 is 0 Å². The van der Waals surface area contributed by atoms with Crippen LogP contribution >= 0.6 is 0 Å². The summed E-state index contributed by atoms with van der Waals surface area (Å²) in [5.41, 5.74) is 48.8. The summed E-state index contributed by atoms with van der Waals surface area (Å²) in [7, 11) is 0. The summed E-state index contributed by atoms with van der Waals surface area (Å²) in [4.78, 5) is 0. The maximum atomic E-state index is 5.67. The molecule has 0 aliphatic rings. The van der Waals surface area contributed by atoms with Gasteiger partial charge < -0.3 is 51.6 Å². The number of nitrogens with two attached hydrogens (primary N) is 9. The SMILES string of the molecule is C#CC(C)(C)C.C#CC(C)(C)N.C#CCC(C)(C)N.CC#CC(C)(C)C.CC#CC(C)(C)N.CC#CCC(C)(C)N.CC#CCC(C)(C)N.CC(C)(C)N.CC/C=C\C(C)(C)N.CC=CCC(C)(C)N.CCCC(C)(C)N. The molecule has 0 saturated heterocycles. The first-order chi connectivity index (χ1) is 33.6. The standard InChI is InChI=1S/2C7H15N.2C7H13N.C7H12.C6H15N.2C6H11N.C6H10.C5H9N.C4H11N/c4*1-4-5-6-7(2,3)8;1-5-6-7(2,3)4;3*1-4-5-6(2,3)7;1-5-6(2,3)4;1-4-5(2,3)6;1-4(2,3)5/h5-6H,4,8H2,1-3H3;4-5H,6,8H2,1-3H3;2*6,8H2,1-3H3;1-4H3;4-5,7H2,1-3H3;7H2,1-3H3;1H,5,7H2,2-3H3;1H,2-4H3;1H,6H2,2-3H3;5H2,1-3H3/b6-5-;;;;;;;;;;. The summed E-state index contributed by atoms with van der Waals surface area (Å²) in [6, 6.07) is 0. The highest BCUT2D eigenvalue weighted by Gasteiger charge is 2.09. The van der Waals surface area contributed by atoms with Crippen molar-refractivity contribution in [1.29, 1.82) is 0 Å². The van der Waals surface area contributed by atoms with Crippen LogP contribution in [-0.2, 0) is 0 Å². The number of hydrogen-bond donors (Lipinski definition) is 9. The molecular weight excluding hydrogens is 943 g/mol. The Morgan fingerprint density at radius 3 is 0.753 bits per heavy atom. The molecule has 77 heavy (non-hydrogen) atoms. The molecule has 0 radical (unpaired) electrons. The zero-order valence-corrected chi connectivity index (χ0v) is 57.2. The summed E-state index contributed by atoms with van der Waals surface area (Å²) in [5.74, 6) is 30.3. The minimum Gasteiger partial charge on any atom is -0.326 e. The first kappa shape index (κ1) is 98.5. The number of terminal acetylenes is 3. The quantitative estimate of drug-likeness (QED) is 0.0788. The van der Waals surface area contributed by atoms with Gasteiger partial charge in [-0.3, -0.25) is 0 Å². The molecule has 0 aromatic carbocycles. The molecular formula is C68H135N9. The molecule has 0 aromatic heterocycles. The third kappa shape index (κ3) is 244. The van der Waals surface area contributed by atoms with E-state index in [4.69, 9.17) is 70.9 Å². The van der Waals surface area contributed by atoms with Crippen LogP contribution in [0.3, 0.4) is 0 Å². The molecule has 452 valence electrons. The summed E-state index contributed by atoms with van der Waals surface area (Å²) < 4.78 is 0. The van der Waals surface area contributed by atoms with E-state index in [-0.39, 0.29) is 55.1 Å². The van der Waals surface area contributed by atoms with Gasteiger partial charge in [-0.2, -0.15) is 0 Å². The summed E-state index contributed by atoms with van der Waals surface area (Å²) in [6.07, 6.45) is 29.7. The lowest BCUT2D eigenvalue weighted by molar-refractivity contribution is 0.470. The molecule has 9 heteroatoms. The van der Waals surface area contributed by atoms with Crippen LogP contribution in [0.2, 0.25) is 0 Å². The van der Waals surface area contributed by atoms with Crippen LogP contribution in [0, 0.1) is 95.2 Å². The molecule has 18 N–H and O–H groups in total. The Kier molecular flexibility index (Phi) is 65.8. The molecule has 0 heterocycles. The second kappa shape index (κ2) is 51.5. The molecule has 0 fully saturated rings. The fraction of sp³-hybridized carbons (Fsp3) is 0.735. The molecule has 0 atom stereocenters. The van der Waals surface area contributed by atoms with Gasteiger partial charge in [-0.25, -0.2) is 0 Å². The number of rotatable bonds is 9. The van der Waals surface area contributed by atoms with Crippen LogP contribution in [0.4, 0.5) is 0 Å². The van der Waals surface area contributed by atoms with E-state index >= 15 is 0 Å². The molecule has 0 saturated carbocycles. The van der Waals surface area contributed by atoms with Crippen LogP contribution in [0.1, 0.15) is 267 Å². The van der Waals surface area contributed by atoms with Crippen molar-refractivity contribution < 1.29 is 0 Å². The lowest BCUT2D eigenvalue weighted by Crippen LogP contribution is -2.31. The van der Waals surface area contributed by atoms with Gasteiger partial charge in [-0.15, -0.1) is 66.6 Å². The van der Waals surface area contributed by atoms with E-state index in [1.54, 1.807) is 20.8 Å². The van der Waals surface area contributed by atoms with E-state index in [0.29, 0.717) is 6.42 Å². The first-order valence-corrected chi connectivity index (χ1v) is 27.1. The second-order valence-corrected chi connectivity index (χ2v) is 27.0. The highest BCUT2D eigenvalue weighted by Crippen LogP contribution is 2.10. The van der Waals surface area contributed by atoms with Crippen molar-refractivity contribution in [2.24, 2.45) is 62.4 Å². The van der Waals surface area contributed by atoms with Gasteiger partial charge in [-0.1, -0.05) is 62.3 Å². The molecule has 0 aliphatic heterocycles. The van der Waals surface area contributed by atoms with Crippen molar-refractivity contribution in [3.63, 3.8) is 0 Å². The van der Waals surface area contributed by atoms with E-state index in [2.05, 4.69) is 126 Å². The van der Waals surface area contributed by atoms with E-state index in [1.165, 1.54) is 6.42 Å². The predicted molar refractivity (Wildman–Crippen MR) is 357 cm³/mol. The van der Waals surface area contributed by atoms with Crippen LogP contribution in [-0.4, -0.2) is 49.9 Å². The highest BCUT2D eigenvalue weighted by molar-refractivity contribution is 5.10. The molecule has 9 nitrogen and oxygen atoms in total. The summed E-state index contributed by atoms with van der Waals surface area (Å²) in [6.45, 7) is 62.9. The van der Waals surface area contributed by atoms with E-state index < -0.39 is 5.54 Å². The Labute approximate surface area is 485 Å². The van der Waals surface area contributed by atoms with Gasteiger partial charge in [0.15, 0.2) is 0 Å². The van der Waals surface area contributed by atoms with Crippen LogP contribution < -0.4 is 51.6 Å². The molecule has 0 amide bonds. The Bertz CT molecular complexity index is 1690. The fourth-order valence-electron chi connectivity index (χ4n) is 3.08. The maximum Gasteiger partial charge on any atom is 0.0718 e. The third-order valence-corrected chi connectivity index (χ3v) is 6.31. The average Bonchev–Trinajstić information content (AvgIpc) is 3.16. The third-order valence-electron chi connectivity index (χ3n) is 6.31. The van der Waals surface area contributed by atoms with Crippen molar-refractivity contribution in [3.05, 3.63) is 24.3 Å². The van der Waals surface area contributed by atoms with Crippen molar-refractivity contribution in [3.8, 4) is 84.4 Å². The van der Waals surface area contributed by atoms with Gasteiger partial charge in [0.2, 0.25) is 0 Å². The normalized spacial score (nSPS) is 11.0. The Balaban J connectivity index is -0.0000000693. The van der Waals surface area contributed by atoms with Gasteiger partial charge in [-0.05, 0) is 227 Å². The zero-order valence-electron chi connectivity index (χ0n) is 57.2. The van der Waals surface area contributed by atoms with Gasteiger partial charge in [0, 0.05) is 68.9 Å². The van der Waals surface area contributed by atoms with Gasteiger partial charge in [0.25, 0.3) is 0 Å². The Morgan fingerprint density at radius 2 is 0.714 bits per heavy atom. The minimum atomic E-state index is -0.431. The van der Waals surface area contributed by atoms with Crippen LogP contribution in [0.15, 0.2) is 24.3 Å². The van der Waals surface area contributed by atoms with Crippen molar-refractivity contribution in [2.75, 3.05) is 0 Å². The monoisotopic (exact) mass is 1080 g/mol. The lowest BCUT2D eigenvalue weighted by atomic mass is 9.98. The first-order valence-electron chi connectivity index (χ1n) is 27.1. The number of allylic oxidation sites excluding steroid dienone is 2. The lowest BCUT2D eigenvalue weighted by Gasteiger charge is -2.15. The average molecular weight is 1080 g/mol. The Hall–Kier alpha value is -3.96. The molecule has 0 rings (SSSR count). The molecule has 0 bridgehead atoms. The van der Waals surface area contributed by atoms with Gasteiger partial charge in [0.05, 0.1) is 11.1 Å². The van der Waals surface area contributed by atoms with Gasteiger partial charge in [0.1, 0.15) is 0 Å². The Morgan fingerprint density at radius 1 is 0.403 bits per heavy atom. The highest BCUT2D eigenvalue weighted by atomic mass is 14.7. The molecule has 0 spiro atoms. The van der Waals surface area contributed by atoms with Crippen LogP contribution in [0.25, 0.3) is 0 Å². The second-order valence-electron chi connectivity index (χ2n) is 27.0. The summed E-state index contributed by atoms with van der Waals surface area (Å²) in [5, 5.41) is 0. The maximum absolute atomic E-state index is 5.67. The smallest absolute Gasteiger partial charge is 0.0718 e.